The highest BCUT2D eigenvalue weighted by Crippen LogP contribution is 2.49. The van der Waals surface area contributed by atoms with Crippen molar-refractivity contribution in [2.24, 2.45) is 5.92 Å². The van der Waals surface area contributed by atoms with Crippen molar-refractivity contribution in [2.75, 3.05) is 6.54 Å². The molecule has 2 aromatic heterocycles. The number of hydrogen-bond donors (Lipinski definition) is 2. The number of aliphatic carboxylic acids is 1. The van der Waals surface area contributed by atoms with E-state index in [1.54, 1.807) is 12.1 Å². The van der Waals surface area contributed by atoms with Crippen LogP contribution >= 0.6 is 0 Å². The molecule has 0 bridgehead atoms. The third-order valence-electron chi connectivity index (χ3n) is 5.67. The van der Waals surface area contributed by atoms with E-state index in [2.05, 4.69) is 20.4 Å². The summed E-state index contributed by atoms with van der Waals surface area (Å²) in [5.74, 6) is -4.97. The summed E-state index contributed by atoms with van der Waals surface area (Å²) in [6.07, 6.45) is -2.71. The van der Waals surface area contributed by atoms with Crippen molar-refractivity contribution in [1.29, 1.82) is 0 Å². The van der Waals surface area contributed by atoms with E-state index >= 15 is 0 Å². The van der Waals surface area contributed by atoms with Crippen molar-refractivity contribution in [1.82, 2.24) is 25.1 Å². The van der Waals surface area contributed by atoms with E-state index in [9.17, 15) is 31.5 Å². The van der Waals surface area contributed by atoms with Crippen molar-refractivity contribution in [3.05, 3.63) is 65.7 Å². The van der Waals surface area contributed by atoms with Crippen LogP contribution < -0.4 is 10.1 Å². The average Bonchev–Trinajstić information content (AvgIpc) is 3.32. The minimum atomic E-state index is -4.58. The van der Waals surface area contributed by atoms with Crippen LogP contribution in [0.15, 0.2) is 49.1 Å². The van der Waals surface area contributed by atoms with Crippen LogP contribution in [-0.2, 0) is 11.0 Å². The Morgan fingerprint density at radius 1 is 1.14 bits per heavy atom. The number of carbonyl (C=O) groups excluding carboxylic acids is 1. The molecule has 1 aliphatic carbocycles. The largest absolute Gasteiger partial charge is 0.482 e. The highest BCUT2D eigenvalue weighted by Gasteiger charge is 2.49. The third-order valence-corrected chi connectivity index (χ3v) is 5.67. The van der Waals surface area contributed by atoms with Gasteiger partial charge in [0.2, 0.25) is 5.92 Å². The van der Waals surface area contributed by atoms with Gasteiger partial charge < -0.3 is 15.2 Å². The van der Waals surface area contributed by atoms with Crippen LogP contribution in [0.25, 0.3) is 5.95 Å². The molecular formula is C23H20F5N5O4. The fourth-order valence-corrected chi connectivity index (χ4v) is 3.78. The number of nitrogens with zero attached hydrogens (tertiary/aromatic N) is 4. The second-order valence-corrected chi connectivity index (χ2v) is 8.47. The smallest absolute Gasteiger partial charge is 0.419 e. The molecule has 1 aliphatic rings. The van der Waals surface area contributed by atoms with Crippen LogP contribution in [-0.4, -0.2) is 49.2 Å². The Kier molecular flexibility index (Phi) is 7.09. The minimum absolute atomic E-state index is 0.0507. The number of alkyl halides is 5. The lowest BCUT2D eigenvalue weighted by molar-refractivity contribution is -0.138. The molecule has 37 heavy (non-hydrogen) atoms. The number of carboxylic acid groups (broad SMARTS) is 1. The van der Waals surface area contributed by atoms with Crippen LogP contribution in [0, 0.1) is 5.92 Å². The Balaban J connectivity index is 1.48. The Hall–Kier alpha value is -4.10. The SMILES string of the molecule is O=C(O)CCNC(=O)c1ccc(C(Oc2cnc(-n3cc(C(F)(F)F)cn3)nc2)C2CC(F)(F)C2)cc1. The van der Waals surface area contributed by atoms with E-state index in [0.29, 0.717) is 11.8 Å². The van der Waals surface area contributed by atoms with Gasteiger partial charge >= 0.3 is 12.1 Å². The molecular weight excluding hydrogens is 505 g/mol. The van der Waals surface area contributed by atoms with Crippen molar-refractivity contribution in [3.8, 4) is 11.7 Å². The van der Waals surface area contributed by atoms with Crippen LogP contribution in [0.1, 0.15) is 46.9 Å². The highest BCUT2D eigenvalue weighted by molar-refractivity contribution is 5.94. The van der Waals surface area contributed by atoms with Crippen LogP contribution in [0.3, 0.4) is 0 Å². The lowest BCUT2D eigenvalue weighted by Gasteiger charge is -2.40. The maximum Gasteiger partial charge on any atom is 0.419 e. The predicted molar refractivity (Wildman–Crippen MR) is 116 cm³/mol. The van der Waals surface area contributed by atoms with Gasteiger partial charge in [-0.25, -0.2) is 23.4 Å². The van der Waals surface area contributed by atoms with Crippen molar-refractivity contribution in [2.45, 2.75) is 37.5 Å². The monoisotopic (exact) mass is 525 g/mol. The Labute approximate surface area is 206 Å². The molecule has 1 unspecified atom stereocenters. The second kappa shape index (κ2) is 10.1. The molecule has 9 nitrogen and oxygen atoms in total. The first kappa shape index (κ1) is 26.0. The van der Waals surface area contributed by atoms with Crippen molar-refractivity contribution in [3.63, 3.8) is 0 Å². The fourth-order valence-electron chi connectivity index (χ4n) is 3.78. The van der Waals surface area contributed by atoms with Crippen molar-refractivity contribution < 1.29 is 41.4 Å². The summed E-state index contributed by atoms with van der Waals surface area (Å²) < 4.78 is 72.4. The summed E-state index contributed by atoms with van der Waals surface area (Å²) in [6.45, 7) is -0.0507. The van der Waals surface area contributed by atoms with Crippen molar-refractivity contribution >= 4 is 11.9 Å². The molecule has 0 saturated heterocycles. The lowest BCUT2D eigenvalue weighted by atomic mass is 9.75. The van der Waals surface area contributed by atoms with Gasteiger partial charge in [0, 0.05) is 37.1 Å². The third kappa shape index (κ3) is 6.37. The predicted octanol–water partition coefficient (Wildman–Crippen LogP) is 4.05. The number of benzene rings is 1. The molecule has 0 radical (unpaired) electrons. The number of rotatable bonds is 9. The second-order valence-electron chi connectivity index (χ2n) is 8.47. The number of hydrogen-bond acceptors (Lipinski definition) is 6. The first-order valence-corrected chi connectivity index (χ1v) is 11.0. The summed E-state index contributed by atoms with van der Waals surface area (Å²) in [7, 11) is 0. The van der Waals surface area contributed by atoms with Gasteiger partial charge in [-0.05, 0) is 17.7 Å². The molecule has 3 aromatic rings. The van der Waals surface area contributed by atoms with Gasteiger partial charge in [-0.15, -0.1) is 0 Å². The van der Waals surface area contributed by atoms with E-state index in [-0.39, 0.29) is 30.2 Å². The number of nitrogens with one attached hydrogen (secondary N) is 1. The molecule has 1 fully saturated rings. The molecule has 4 rings (SSSR count). The molecule has 1 atom stereocenters. The number of carbonyl (C=O) groups is 2. The number of amides is 1. The van der Waals surface area contributed by atoms with Gasteiger partial charge in [0.25, 0.3) is 11.9 Å². The summed E-state index contributed by atoms with van der Waals surface area (Å²) in [5, 5.41) is 14.7. The maximum absolute atomic E-state index is 13.6. The zero-order valence-electron chi connectivity index (χ0n) is 19.0. The fraction of sp³-hybridized carbons (Fsp3) is 0.348. The number of ether oxygens (including phenoxy) is 1. The van der Waals surface area contributed by atoms with Crippen LogP contribution in [0.5, 0.6) is 5.75 Å². The molecule has 2 heterocycles. The maximum atomic E-state index is 13.6. The summed E-state index contributed by atoms with van der Waals surface area (Å²) in [5.41, 5.74) is -0.216. The standard InChI is InChI=1S/C23H20F5N5O4/c24-22(25)7-15(8-22)19(13-1-3-14(4-2-13)20(36)29-6-5-18(34)35)37-17-10-30-21(31-11-17)33-12-16(9-32-33)23(26,27)28/h1-4,9-12,15,19H,5-8H2,(H,29,36)(H,34,35). The first-order chi connectivity index (χ1) is 17.4. The summed E-state index contributed by atoms with van der Waals surface area (Å²) in [4.78, 5) is 30.7. The Morgan fingerprint density at radius 3 is 2.32 bits per heavy atom. The Morgan fingerprint density at radius 2 is 1.78 bits per heavy atom. The highest BCUT2D eigenvalue weighted by atomic mass is 19.4. The van der Waals surface area contributed by atoms with Crippen LogP contribution in [0.2, 0.25) is 0 Å². The molecule has 1 amide bonds. The van der Waals surface area contributed by atoms with Gasteiger partial charge in [-0.1, -0.05) is 12.1 Å². The van der Waals surface area contributed by atoms with Gasteiger partial charge in [0.1, 0.15) is 6.10 Å². The van der Waals surface area contributed by atoms with Gasteiger partial charge in [0.15, 0.2) is 5.75 Å². The van der Waals surface area contributed by atoms with Gasteiger partial charge in [0.05, 0.1) is 30.6 Å². The molecule has 2 N–H and O–H groups in total. The van der Waals surface area contributed by atoms with E-state index in [4.69, 9.17) is 9.84 Å². The number of carboxylic acids is 1. The molecule has 14 heteroatoms. The number of aromatic nitrogens is 4. The zero-order chi connectivity index (χ0) is 26.8. The molecule has 0 aliphatic heterocycles. The topological polar surface area (TPSA) is 119 Å². The quantitative estimate of drug-likeness (QED) is 0.405. The molecule has 196 valence electrons. The van der Waals surface area contributed by atoms with E-state index in [0.717, 1.165) is 10.9 Å². The molecule has 1 saturated carbocycles. The van der Waals surface area contributed by atoms with E-state index in [1.165, 1.54) is 24.5 Å². The summed E-state index contributed by atoms with van der Waals surface area (Å²) >= 11 is 0. The van der Waals surface area contributed by atoms with Gasteiger partial charge in [-0.3, -0.25) is 9.59 Å². The minimum Gasteiger partial charge on any atom is -0.482 e. The lowest BCUT2D eigenvalue weighted by Crippen LogP contribution is -2.40. The summed E-state index contributed by atoms with van der Waals surface area (Å²) in [6, 6.07) is 6.03. The van der Waals surface area contributed by atoms with Crippen LogP contribution in [0.4, 0.5) is 22.0 Å². The van der Waals surface area contributed by atoms with E-state index in [1.807, 2.05) is 0 Å². The Bertz CT molecular complexity index is 1250. The normalized spacial score (nSPS) is 16.0. The molecule has 1 aromatic carbocycles. The number of halogens is 5. The van der Waals surface area contributed by atoms with Gasteiger partial charge in [-0.2, -0.15) is 18.3 Å². The van der Waals surface area contributed by atoms with E-state index < -0.39 is 54.4 Å². The average molecular weight is 525 g/mol. The zero-order valence-corrected chi connectivity index (χ0v) is 19.0. The first-order valence-electron chi connectivity index (χ1n) is 11.0. The molecule has 0 spiro atoms.